The number of aliphatic carboxylic acids is 1. The van der Waals surface area contributed by atoms with Gasteiger partial charge < -0.3 is 15.9 Å². The summed E-state index contributed by atoms with van der Waals surface area (Å²) in [4.78, 5) is 24.5. The van der Waals surface area contributed by atoms with Crippen molar-refractivity contribution >= 4 is 17.8 Å². The molecule has 6 heteroatoms. The number of anilines is 1. The lowest BCUT2D eigenvalue weighted by Crippen LogP contribution is -2.02. The third kappa shape index (κ3) is 2.99. The predicted molar refractivity (Wildman–Crippen MR) is 54.7 cm³/mol. The number of nitrogens with zero attached hydrogens (tertiary/aromatic N) is 1. The van der Waals surface area contributed by atoms with E-state index in [2.05, 4.69) is 16.8 Å². The van der Waals surface area contributed by atoms with E-state index < -0.39 is 11.9 Å². The number of carboxylic acid groups (broad SMARTS) is 2. The van der Waals surface area contributed by atoms with Crippen molar-refractivity contribution in [2.45, 2.75) is 6.42 Å². The first-order valence-electron chi connectivity index (χ1n) is 4.20. The Bertz CT molecular complexity index is 499. The van der Waals surface area contributed by atoms with Crippen LogP contribution in [0, 0.1) is 11.8 Å². The lowest BCUT2D eigenvalue weighted by Gasteiger charge is -1.98. The summed E-state index contributed by atoms with van der Waals surface area (Å²) in [6, 6.07) is 1.25. The number of aromatic nitrogens is 1. The molecule has 1 heterocycles. The van der Waals surface area contributed by atoms with Gasteiger partial charge in [0.25, 0.3) is 0 Å². The highest BCUT2D eigenvalue weighted by molar-refractivity contribution is 5.88. The lowest BCUT2D eigenvalue weighted by molar-refractivity contribution is -0.135. The van der Waals surface area contributed by atoms with Gasteiger partial charge in [-0.25, -0.2) is 9.78 Å². The number of pyridine rings is 1. The molecular weight excluding hydrogens is 212 g/mol. The summed E-state index contributed by atoms with van der Waals surface area (Å²) in [5.74, 6) is 2.67. The van der Waals surface area contributed by atoms with Crippen molar-refractivity contribution in [1.82, 2.24) is 4.98 Å². The van der Waals surface area contributed by atoms with Crippen molar-refractivity contribution in [3.05, 3.63) is 23.4 Å². The summed E-state index contributed by atoms with van der Waals surface area (Å²) >= 11 is 0. The normalized spacial score (nSPS) is 9.00. The molecule has 0 saturated heterocycles. The Hall–Kier alpha value is -2.55. The van der Waals surface area contributed by atoms with Gasteiger partial charge >= 0.3 is 11.9 Å². The molecule has 1 rings (SSSR count). The summed E-state index contributed by atoms with van der Waals surface area (Å²) in [5, 5.41) is 17.1. The van der Waals surface area contributed by atoms with Gasteiger partial charge in [-0.2, -0.15) is 0 Å². The zero-order valence-electron chi connectivity index (χ0n) is 8.10. The first-order chi connectivity index (χ1) is 7.50. The van der Waals surface area contributed by atoms with Crippen LogP contribution in [0.4, 0.5) is 5.82 Å². The van der Waals surface area contributed by atoms with E-state index in [1.54, 1.807) is 0 Å². The van der Waals surface area contributed by atoms with Gasteiger partial charge in [-0.3, -0.25) is 4.79 Å². The molecule has 1 aromatic rings. The van der Waals surface area contributed by atoms with Crippen LogP contribution < -0.4 is 5.73 Å². The standard InChI is InChI=1S/C10H8N2O4/c11-9-6(2-1-3-8(13)14)4-7(5-12-9)10(15)16/h4-5H,3H2,(H2,11,12)(H,13,14)(H,15,16). The first-order valence-corrected chi connectivity index (χ1v) is 4.20. The molecule has 0 saturated carbocycles. The van der Waals surface area contributed by atoms with E-state index in [4.69, 9.17) is 15.9 Å². The van der Waals surface area contributed by atoms with Crippen molar-refractivity contribution in [3.63, 3.8) is 0 Å². The average molecular weight is 220 g/mol. The molecular formula is C10H8N2O4. The molecule has 0 atom stereocenters. The van der Waals surface area contributed by atoms with E-state index in [1.165, 1.54) is 6.07 Å². The zero-order chi connectivity index (χ0) is 12.1. The molecule has 0 fully saturated rings. The minimum absolute atomic E-state index is 0.0474. The monoisotopic (exact) mass is 220 g/mol. The summed E-state index contributed by atoms with van der Waals surface area (Å²) < 4.78 is 0. The van der Waals surface area contributed by atoms with Gasteiger partial charge in [0, 0.05) is 6.20 Å². The topological polar surface area (TPSA) is 114 Å². The molecule has 0 unspecified atom stereocenters. The van der Waals surface area contributed by atoms with Crippen LogP contribution in [-0.2, 0) is 4.79 Å². The predicted octanol–water partition coefficient (Wildman–Crippen LogP) is 0.188. The van der Waals surface area contributed by atoms with Gasteiger partial charge in [-0.15, -0.1) is 0 Å². The van der Waals surface area contributed by atoms with Crippen molar-refractivity contribution < 1.29 is 19.8 Å². The molecule has 0 aliphatic rings. The third-order valence-corrected chi connectivity index (χ3v) is 1.63. The second kappa shape index (κ2) is 4.79. The molecule has 1 aromatic heterocycles. The summed E-state index contributed by atoms with van der Waals surface area (Å²) in [6.07, 6.45) is 0.775. The zero-order valence-corrected chi connectivity index (χ0v) is 8.10. The van der Waals surface area contributed by atoms with Crippen LogP contribution in [0.15, 0.2) is 12.3 Å². The number of rotatable bonds is 2. The molecule has 0 aliphatic carbocycles. The molecule has 0 radical (unpaired) electrons. The second-order valence-electron chi connectivity index (χ2n) is 2.83. The molecule has 4 N–H and O–H groups in total. The van der Waals surface area contributed by atoms with Crippen LogP contribution in [0.3, 0.4) is 0 Å². The summed E-state index contributed by atoms with van der Waals surface area (Å²) in [5.41, 5.74) is 5.61. The third-order valence-electron chi connectivity index (χ3n) is 1.63. The Morgan fingerprint density at radius 2 is 2.12 bits per heavy atom. The van der Waals surface area contributed by atoms with Crippen LogP contribution in [0.25, 0.3) is 0 Å². The maximum Gasteiger partial charge on any atom is 0.337 e. The van der Waals surface area contributed by atoms with E-state index in [-0.39, 0.29) is 23.4 Å². The lowest BCUT2D eigenvalue weighted by atomic mass is 10.2. The Morgan fingerprint density at radius 1 is 1.44 bits per heavy atom. The molecule has 0 aliphatic heterocycles. The van der Waals surface area contributed by atoms with E-state index >= 15 is 0 Å². The number of hydrogen-bond acceptors (Lipinski definition) is 4. The van der Waals surface area contributed by atoms with Gasteiger partial charge in [0.15, 0.2) is 0 Å². The highest BCUT2D eigenvalue weighted by Gasteiger charge is 2.06. The molecule has 16 heavy (non-hydrogen) atoms. The van der Waals surface area contributed by atoms with Crippen molar-refractivity contribution in [3.8, 4) is 11.8 Å². The van der Waals surface area contributed by atoms with Crippen molar-refractivity contribution in [1.29, 1.82) is 0 Å². The molecule has 0 aromatic carbocycles. The van der Waals surface area contributed by atoms with Crippen LogP contribution >= 0.6 is 0 Å². The number of hydrogen-bond donors (Lipinski definition) is 3. The number of carboxylic acids is 2. The van der Waals surface area contributed by atoms with Gasteiger partial charge in [0.2, 0.25) is 0 Å². The number of nitrogens with two attached hydrogens (primary N) is 1. The average Bonchev–Trinajstić information content (AvgIpc) is 2.20. The fourth-order valence-corrected chi connectivity index (χ4v) is 0.907. The summed E-state index contributed by atoms with van der Waals surface area (Å²) in [7, 11) is 0. The van der Waals surface area contributed by atoms with Crippen LogP contribution in [0.2, 0.25) is 0 Å². The fraction of sp³-hybridized carbons (Fsp3) is 0.100. The minimum atomic E-state index is -1.14. The van der Waals surface area contributed by atoms with Crippen molar-refractivity contribution in [2.24, 2.45) is 0 Å². The summed E-state index contributed by atoms with van der Waals surface area (Å²) in [6.45, 7) is 0. The molecule has 0 bridgehead atoms. The van der Waals surface area contributed by atoms with Crippen LogP contribution in [0.5, 0.6) is 0 Å². The maximum atomic E-state index is 10.6. The SMILES string of the molecule is Nc1ncc(C(=O)O)cc1C#CCC(=O)O. The molecule has 6 nitrogen and oxygen atoms in total. The first kappa shape index (κ1) is 11.5. The number of nitrogen functional groups attached to an aromatic ring is 1. The highest BCUT2D eigenvalue weighted by atomic mass is 16.4. The van der Waals surface area contributed by atoms with Gasteiger partial charge in [-0.1, -0.05) is 11.8 Å². The Labute approximate surface area is 90.7 Å². The van der Waals surface area contributed by atoms with Gasteiger partial charge in [0.05, 0.1) is 11.1 Å². The second-order valence-corrected chi connectivity index (χ2v) is 2.83. The van der Waals surface area contributed by atoms with E-state index in [9.17, 15) is 9.59 Å². The maximum absolute atomic E-state index is 10.6. The van der Waals surface area contributed by atoms with E-state index in [0.717, 1.165) is 6.20 Å². The Morgan fingerprint density at radius 3 is 2.69 bits per heavy atom. The molecule has 0 amide bonds. The molecule has 82 valence electrons. The molecule has 0 spiro atoms. The Balaban J connectivity index is 3.01. The number of carbonyl (C=O) groups is 2. The van der Waals surface area contributed by atoms with Crippen molar-refractivity contribution in [2.75, 3.05) is 5.73 Å². The Kier molecular flexibility index (Phi) is 3.45. The van der Waals surface area contributed by atoms with Crippen LogP contribution in [0.1, 0.15) is 22.3 Å². The quantitative estimate of drug-likeness (QED) is 0.613. The number of aromatic carboxylic acids is 1. The van der Waals surface area contributed by atoms with Gasteiger partial charge in [-0.05, 0) is 6.07 Å². The van der Waals surface area contributed by atoms with E-state index in [1.807, 2.05) is 0 Å². The van der Waals surface area contributed by atoms with E-state index in [0.29, 0.717) is 0 Å². The highest BCUT2D eigenvalue weighted by Crippen LogP contribution is 2.09. The minimum Gasteiger partial charge on any atom is -0.481 e. The van der Waals surface area contributed by atoms with Crippen LogP contribution in [-0.4, -0.2) is 27.1 Å². The van der Waals surface area contributed by atoms with Gasteiger partial charge in [0.1, 0.15) is 12.2 Å². The largest absolute Gasteiger partial charge is 0.481 e. The smallest absolute Gasteiger partial charge is 0.337 e. The fourth-order valence-electron chi connectivity index (χ4n) is 0.907.